The molecule has 0 saturated carbocycles. The van der Waals surface area contributed by atoms with Crippen LogP contribution in [0.3, 0.4) is 0 Å². The van der Waals surface area contributed by atoms with Gasteiger partial charge in [0.2, 0.25) is 5.95 Å². The summed E-state index contributed by atoms with van der Waals surface area (Å²) in [5.41, 5.74) is 3.11. The number of anilines is 4. The highest BCUT2D eigenvalue weighted by Gasteiger charge is 2.14. The van der Waals surface area contributed by atoms with Crippen molar-refractivity contribution in [2.24, 2.45) is 0 Å². The molecule has 0 unspecified atom stereocenters. The highest BCUT2D eigenvalue weighted by molar-refractivity contribution is 6.12. The third kappa shape index (κ3) is 4.78. The van der Waals surface area contributed by atoms with Crippen molar-refractivity contribution in [2.45, 2.75) is 6.92 Å². The van der Waals surface area contributed by atoms with Gasteiger partial charge in [-0.1, -0.05) is 36.4 Å². The van der Waals surface area contributed by atoms with Crippen LogP contribution in [0.1, 0.15) is 16.1 Å². The molecule has 1 fully saturated rings. The molecule has 0 radical (unpaired) electrons. The van der Waals surface area contributed by atoms with Gasteiger partial charge >= 0.3 is 0 Å². The van der Waals surface area contributed by atoms with E-state index in [4.69, 9.17) is 4.74 Å². The minimum Gasteiger partial charge on any atom is -0.378 e. The van der Waals surface area contributed by atoms with Crippen LogP contribution < -0.4 is 15.5 Å². The maximum Gasteiger partial charge on any atom is 0.256 e. The summed E-state index contributed by atoms with van der Waals surface area (Å²) in [4.78, 5) is 24.3. The molecule has 0 spiro atoms. The second-order valence-corrected chi connectivity index (χ2v) is 7.97. The van der Waals surface area contributed by atoms with Gasteiger partial charge in [-0.3, -0.25) is 4.79 Å². The SMILES string of the molecule is Cc1cc(N2CCOCC2)nc(Nc2ccc(NC(=O)c3cccc4ccccc34)cc2)n1. The molecule has 3 aromatic carbocycles. The van der Waals surface area contributed by atoms with Crippen molar-refractivity contribution in [1.29, 1.82) is 0 Å². The molecule has 0 bridgehead atoms. The van der Waals surface area contributed by atoms with Crippen LogP contribution in [0.25, 0.3) is 10.8 Å². The summed E-state index contributed by atoms with van der Waals surface area (Å²) in [5, 5.41) is 8.23. The molecule has 0 aliphatic carbocycles. The van der Waals surface area contributed by atoms with E-state index in [2.05, 4.69) is 25.5 Å². The highest BCUT2D eigenvalue weighted by Crippen LogP contribution is 2.23. The molecule has 1 aromatic heterocycles. The Morgan fingerprint density at radius 3 is 2.45 bits per heavy atom. The predicted molar refractivity (Wildman–Crippen MR) is 131 cm³/mol. The number of aromatic nitrogens is 2. The maximum absolute atomic E-state index is 12.9. The Kier molecular flexibility index (Phi) is 5.87. The minimum absolute atomic E-state index is 0.135. The molecule has 2 heterocycles. The maximum atomic E-state index is 12.9. The van der Waals surface area contributed by atoms with E-state index in [-0.39, 0.29) is 5.91 Å². The molecule has 1 aliphatic heterocycles. The second-order valence-electron chi connectivity index (χ2n) is 7.97. The van der Waals surface area contributed by atoms with Gasteiger partial charge in [-0.25, -0.2) is 4.98 Å². The fourth-order valence-electron chi connectivity index (χ4n) is 3.95. The van der Waals surface area contributed by atoms with Crippen LogP contribution in [-0.4, -0.2) is 42.2 Å². The molecule has 166 valence electrons. The number of morpholine rings is 1. The molecular weight excluding hydrogens is 414 g/mol. The predicted octanol–water partition coefficient (Wildman–Crippen LogP) is 4.77. The molecule has 1 aliphatic rings. The first-order valence-corrected chi connectivity index (χ1v) is 11.0. The Hall–Kier alpha value is -3.97. The number of nitrogens with zero attached hydrogens (tertiary/aromatic N) is 3. The number of nitrogens with one attached hydrogen (secondary N) is 2. The van der Waals surface area contributed by atoms with Crippen molar-refractivity contribution >= 4 is 39.8 Å². The number of benzene rings is 3. The van der Waals surface area contributed by atoms with E-state index in [9.17, 15) is 4.79 Å². The van der Waals surface area contributed by atoms with Crippen molar-refractivity contribution in [2.75, 3.05) is 41.8 Å². The highest BCUT2D eigenvalue weighted by atomic mass is 16.5. The summed E-state index contributed by atoms with van der Waals surface area (Å²) < 4.78 is 5.43. The monoisotopic (exact) mass is 439 g/mol. The van der Waals surface area contributed by atoms with Crippen LogP contribution >= 0.6 is 0 Å². The van der Waals surface area contributed by atoms with Gasteiger partial charge in [-0.15, -0.1) is 0 Å². The van der Waals surface area contributed by atoms with E-state index in [0.717, 1.165) is 46.7 Å². The molecule has 4 aromatic rings. The third-order valence-electron chi connectivity index (χ3n) is 5.61. The van der Waals surface area contributed by atoms with Gasteiger partial charge in [0.25, 0.3) is 5.91 Å². The van der Waals surface area contributed by atoms with Crippen molar-refractivity contribution in [1.82, 2.24) is 9.97 Å². The lowest BCUT2D eigenvalue weighted by Crippen LogP contribution is -2.36. The van der Waals surface area contributed by atoms with Gasteiger partial charge in [0.15, 0.2) is 0 Å². The minimum atomic E-state index is -0.135. The topological polar surface area (TPSA) is 79.4 Å². The molecular formula is C26H25N5O2. The van der Waals surface area contributed by atoms with Crippen LogP contribution in [0.5, 0.6) is 0 Å². The van der Waals surface area contributed by atoms with Crippen molar-refractivity contribution in [3.8, 4) is 0 Å². The van der Waals surface area contributed by atoms with E-state index in [0.29, 0.717) is 24.7 Å². The van der Waals surface area contributed by atoms with Crippen molar-refractivity contribution in [3.63, 3.8) is 0 Å². The second kappa shape index (κ2) is 9.26. The largest absolute Gasteiger partial charge is 0.378 e. The number of carbonyl (C=O) groups is 1. The molecule has 1 amide bonds. The van der Waals surface area contributed by atoms with Crippen LogP contribution in [0.15, 0.2) is 72.8 Å². The first-order chi connectivity index (χ1) is 16.2. The first kappa shape index (κ1) is 20.9. The quantitative estimate of drug-likeness (QED) is 0.466. The fraction of sp³-hybridized carbons (Fsp3) is 0.192. The molecule has 5 rings (SSSR count). The van der Waals surface area contributed by atoms with Crippen LogP contribution in [-0.2, 0) is 4.74 Å². The summed E-state index contributed by atoms with van der Waals surface area (Å²) in [6.45, 7) is 5.01. The molecule has 1 saturated heterocycles. The molecule has 7 nitrogen and oxygen atoms in total. The van der Waals surface area contributed by atoms with Gasteiger partial charge in [0.1, 0.15) is 5.82 Å². The van der Waals surface area contributed by atoms with Crippen molar-refractivity contribution < 1.29 is 9.53 Å². The zero-order valence-electron chi connectivity index (χ0n) is 18.4. The normalized spacial score (nSPS) is 13.7. The lowest BCUT2D eigenvalue weighted by molar-refractivity contribution is 0.102. The number of ether oxygens (including phenoxy) is 1. The standard InChI is InChI=1S/C26H25N5O2/c1-18-17-24(31-13-15-33-16-14-31)30-26(27-18)29-21-11-9-20(10-12-21)28-25(32)23-8-4-6-19-5-2-3-7-22(19)23/h2-12,17H,13-16H2,1H3,(H,28,32)(H,27,29,30). The average Bonchev–Trinajstić information content (AvgIpc) is 2.85. The zero-order chi connectivity index (χ0) is 22.6. The van der Waals surface area contributed by atoms with Crippen molar-refractivity contribution in [3.05, 3.63) is 84.1 Å². The smallest absolute Gasteiger partial charge is 0.256 e. The van der Waals surface area contributed by atoms with E-state index < -0.39 is 0 Å². The molecule has 0 atom stereocenters. The lowest BCUT2D eigenvalue weighted by atomic mass is 10.0. The number of aryl methyl sites for hydroxylation is 1. The third-order valence-corrected chi connectivity index (χ3v) is 5.61. The Morgan fingerprint density at radius 1 is 0.909 bits per heavy atom. The number of hydrogen-bond donors (Lipinski definition) is 2. The Labute approximate surface area is 192 Å². The van der Waals surface area contributed by atoms with E-state index in [1.807, 2.05) is 79.7 Å². The van der Waals surface area contributed by atoms with E-state index >= 15 is 0 Å². The summed E-state index contributed by atoms with van der Waals surface area (Å²) >= 11 is 0. The van der Waals surface area contributed by atoms with E-state index in [1.54, 1.807) is 0 Å². The summed E-state index contributed by atoms with van der Waals surface area (Å²) in [5.74, 6) is 1.31. The number of rotatable bonds is 5. The molecule has 2 N–H and O–H groups in total. The van der Waals surface area contributed by atoms with Gasteiger partial charge in [-0.2, -0.15) is 4.98 Å². The number of amides is 1. The fourth-order valence-corrected chi connectivity index (χ4v) is 3.95. The van der Waals surface area contributed by atoms with Crippen LogP contribution in [0.2, 0.25) is 0 Å². The summed E-state index contributed by atoms with van der Waals surface area (Å²) in [6, 6.07) is 23.1. The van der Waals surface area contributed by atoms with Gasteiger partial charge in [-0.05, 0) is 48.0 Å². The van der Waals surface area contributed by atoms with E-state index in [1.165, 1.54) is 0 Å². The Bertz CT molecular complexity index is 1280. The Morgan fingerprint density at radius 2 is 1.64 bits per heavy atom. The number of hydrogen-bond acceptors (Lipinski definition) is 6. The van der Waals surface area contributed by atoms with Crippen LogP contribution in [0.4, 0.5) is 23.1 Å². The summed E-state index contributed by atoms with van der Waals surface area (Å²) in [6.07, 6.45) is 0. The van der Waals surface area contributed by atoms with Crippen LogP contribution in [0, 0.1) is 6.92 Å². The molecule has 33 heavy (non-hydrogen) atoms. The Balaban J connectivity index is 1.29. The molecule has 7 heteroatoms. The van der Waals surface area contributed by atoms with Gasteiger partial charge in [0.05, 0.1) is 13.2 Å². The zero-order valence-corrected chi connectivity index (χ0v) is 18.4. The average molecular weight is 440 g/mol. The summed E-state index contributed by atoms with van der Waals surface area (Å²) in [7, 11) is 0. The lowest BCUT2D eigenvalue weighted by Gasteiger charge is -2.28. The van der Waals surface area contributed by atoms with Gasteiger partial charge in [0, 0.05) is 41.8 Å². The number of fused-ring (bicyclic) bond motifs is 1. The number of carbonyl (C=O) groups excluding carboxylic acids is 1. The van der Waals surface area contributed by atoms with Gasteiger partial charge < -0.3 is 20.3 Å². The first-order valence-electron chi connectivity index (χ1n) is 11.0.